The zero-order chi connectivity index (χ0) is 17.7. The number of amides is 1. The van der Waals surface area contributed by atoms with Gasteiger partial charge in [-0.15, -0.1) is 0 Å². The van der Waals surface area contributed by atoms with Crippen LogP contribution in [0.2, 0.25) is 0 Å². The minimum absolute atomic E-state index is 0. The number of nitrogens with two attached hydrogens (primary N) is 2. The largest absolute Gasteiger partial charge is 0.481 e. The van der Waals surface area contributed by atoms with E-state index in [1.807, 2.05) is 13.8 Å². The molecule has 0 heterocycles. The fraction of sp³-hybridized carbons (Fsp3) is 0.800. The number of aliphatic imine (C=N–C) groups is 1. The lowest BCUT2D eigenvalue weighted by molar-refractivity contribution is -0.145. The van der Waals surface area contributed by atoms with Gasteiger partial charge in [0.15, 0.2) is 5.96 Å². The lowest BCUT2D eigenvalue weighted by Crippen LogP contribution is -2.51. The van der Waals surface area contributed by atoms with Crippen LogP contribution in [-0.2, 0) is 9.59 Å². The molecule has 0 unspecified atom stereocenters. The van der Waals surface area contributed by atoms with Gasteiger partial charge in [-0.05, 0) is 12.3 Å². The minimum Gasteiger partial charge on any atom is -0.481 e. The van der Waals surface area contributed by atoms with Crippen molar-refractivity contribution in [3.05, 3.63) is 0 Å². The molecule has 1 saturated carbocycles. The van der Waals surface area contributed by atoms with E-state index in [1.165, 1.54) is 6.92 Å². The zero-order valence-corrected chi connectivity index (χ0v) is 15.9. The maximum Gasteiger partial charge on any atom is 0.309 e. The Morgan fingerprint density at radius 3 is 1.96 bits per heavy atom. The number of hydrogen-bond donors (Lipinski definition) is 5. The molecule has 1 rings (SSSR count). The van der Waals surface area contributed by atoms with Gasteiger partial charge in [0.2, 0.25) is 5.91 Å². The average Bonchev–Trinajstić information content (AvgIpc) is 2.74. The SMILES string of the molecule is CCC(CC)[C@H](NC(C)=O)[C@@H]1[C@H](O)[C@@H](C(=O)O)C[C@H]1N=C(N)N.O.O.O.O. The van der Waals surface area contributed by atoms with E-state index >= 15 is 0 Å². The van der Waals surface area contributed by atoms with E-state index in [2.05, 4.69) is 10.3 Å². The maximum atomic E-state index is 11.6. The number of aliphatic hydroxyl groups excluding tert-OH is 1. The number of carbonyl (C=O) groups excluding carboxylic acids is 1. The van der Waals surface area contributed by atoms with Crippen LogP contribution in [0.5, 0.6) is 0 Å². The smallest absolute Gasteiger partial charge is 0.309 e. The van der Waals surface area contributed by atoms with Gasteiger partial charge in [0.1, 0.15) is 0 Å². The summed E-state index contributed by atoms with van der Waals surface area (Å²) in [4.78, 5) is 27.1. The maximum absolute atomic E-state index is 11.6. The summed E-state index contributed by atoms with van der Waals surface area (Å²) in [5.74, 6) is -2.84. The minimum atomic E-state index is -1.11. The molecule has 1 aliphatic carbocycles. The predicted octanol–water partition coefficient (Wildman–Crippen LogP) is -3.65. The molecule has 1 fully saturated rings. The van der Waals surface area contributed by atoms with Crippen molar-refractivity contribution in [3.8, 4) is 0 Å². The number of aliphatic hydroxyl groups is 1. The Morgan fingerprint density at radius 1 is 1.15 bits per heavy atom. The summed E-state index contributed by atoms with van der Waals surface area (Å²) >= 11 is 0. The summed E-state index contributed by atoms with van der Waals surface area (Å²) < 4.78 is 0. The molecule has 5 atom stereocenters. The summed E-state index contributed by atoms with van der Waals surface area (Å²) in [5.41, 5.74) is 10.9. The normalized spacial score (nSPS) is 24.2. The number of nitrogens with zero attached hydrogens (tertiary/aromatic N) is 1. The van der Waals surface area contributed by atoms with Crippen LogP contribution in [0.3, 0.4) is 0 Å². The van der Waals surface area contributed by atoms with Crippen molar-refractivity contribution < 1.29 is 41.7 Å². The Labute approximate surface area is 158 Å². The number of guanidine groups is 1. The standard InChI is InChI=1S/C15H28N4O4.4H2O/c1-4-8(5-2)12(18-7(3)20)11-10(19-15(16)17)6-9(13(11)21)14(22)23;;;;/h8-13,21H,4-6H2,1-3H3,(H,18,20)(H,22,23)(H4,16,17,19);4*1H2/t9-,10+,11+,12-,13+;;;;/m0..../s1. The molecule has 1 aliphatic rings. The van der Waals surface area contributed by atoms with Crippen LogP contribution in [0, 0.1) is 17.8 Å². The van der Waals surface area contributed by atoms with Gasteiger partial charge in [-0.25, -0.2) is 4.99 Å². The van der Waals surface area contributed by atoms with Gasteiger partial charge < -0.3 is 48.9 Å². The second-order valence-electron chi connectivity index (χ2n) is 6.17. The molecular weight excluding hydrogens is 364 g/mol. The number of carbonyl (C=O) groups is 2. The second-order valence-corrected chi connectivity index (χ2v) is 6.17. The van der Waals surface area contributed by atoms with Crippen LogP contribution < -0.4 is 16.8 Å². The summed E-state index contributed by atoms with van der Waals surface area (Å²) in [6, 6.07) is -0.913. The van der Waals surface area contributed by atoms with Gasteiger partial charge in [-0.1, -0.05) is 26.7 Å². The molecule has 0 aromatic carbocycles. The number of rotatable bonds is 7. The third-order valence-electron chi connectivity index (χ3n) is 4.72. The summed E-state index contributed by atoms with van der Waals surface area (Å²) in [5, 5.41) is 22.7. The van der Waals surface area contributed by atoms with Gasteiger partial charge in [-0.2, -0.15) is 0 Å². The molecule has 12 heteroatoms. The van der Waals surface area contributed by atoms with Gasteiger partial charge in [0, 0.05) is 18.9 Å². The third-order valence-corrected chi connectivity index (χ3v) is 4.72. The Morgan fingerprint density at radius 2 is 1.63 bits per heavy atom. The predicted molar refractivity (Wildman–Crippen MR) is 101 cm³/mol. The highest BCUT2D eigenvalue weighted by molar-refractivity contribution is 5.76. The van der Waals surface area contributed by atoms with Crippen LogP contribution in [0.4, 0.5) is 0 Å². The van der Waals surface area contributed by atoms with Gasteiger partial charge in [0.25, 0.3) is 0 Å². The van der Waals surface area contributed by atoms with Crippen LogP contribution in [0.1, 0.15) is 40.0 Å². The molecule has 0 saturated heterocycles. The van der Waals surface area contributed by atoms with Crippen molar-refractivity contribution in [2.75, 3.05) is 0 Å². The van der Waals surface area contributed by atoms with Crippen LogP contribution in [0.25, 0.3) is 0 Å². The molecule has 164 valence electrons. The Kier molecular flexibility index (Phi) is 17.1. The number of carboxylic acids is 1. The Balaban J connectivity index is -0.000000661. The van der Waals surface area contributed by atoms with E-state index in [0.717, 1.165) is 12.8 Å². The van der Waals surface area contributed by atoms with Crippen LogP contribution in [0.15, 0.2) is 4.99 Å². The highest BCUT2D eigenvalue weighted by atomic mass is 16.4. The van der Waals surface area contributed by atoms with Crippen molar-refractivity contribution in [1.82, 2.24) is 5.32 Å². The fourth-order valence-corrected chi connectivity index (χ4v) is 3.64. The van der Waals surface area contributed by atoms with Gasteiger partial charge >= 0.3 is 5.97 Å². The first-order chi connectivity index (χ1) is 10.7. The first-order valence-electron chi connectivity index (χ1n) is 7.99. The van der Waals surface area contributed by atoms with Gasteiger partial charge in [-0.3, -0.25) is 9.59 Å². The molecule has 27 heavy (non-hydrogen) atoms. The summed E-state index contributed by atoms with van der Waals surface area (Å²) in [6.07, 6.45) is 0.612. The zero-order valence-electron chi connectivity index (χ0n) is 15.9. The number of hydrogen-bond acceptors (Lipinski definition) is 4. The van der Waals surface area contributed by atoms with Crippen LogP contribution in [-0.4, -0.2) is 68.1 Å². The first kappa shape index (κ1) is 32.7. The monoisotopic (exact) mass is 400 g/mol. The van der Waals surface area contributed by atoms with Crippen molar-refractivity contribution in [2.24, 2.45) is 34.2 Å². The Bertz CT molecular complexity index is 469. The number of nitrogens with one attached hydrogen (secondary N) is 1. The van der Waals surface area contributed by atoms with Gasteiger partial charge in [0.05, 0.1) is 18.1 Å². The van der Waals surface area contributed by atoms with Crippen molar-refractivity contribution in [1.29, 1.82) is 0 Å². The molecule has 1 amide bonds. The highest BCUT2D eigenvalue weighted by Gasteiger charge is 2.50. The van der Waals surface area contributed by atoms with Crippen LogP contribution >= 0.6 is 0 Å². The molecule has 0 bridgehead atoms. The van der Waals surface area contributed by atoms with E-state index in [9.17, 15) is 19.8 Å². The first-order valence-corrected chi connectivity index (χ1v) is 7.99. The molecule has 0 radical (unpaired) electrons. The second kappa shape index (κ2) is 14.1. The van der Waals surface area contributed by atoms with Crippen molar-refractivity contribution in [3.63, 3.8) is 0 Å². The molecule has 0 aromatic heterocycles. The lowest BCUT2D eigenvalue weighted by Gasteiger charge is -2.35. The average molecular weight is 400 g/mol. The van der Waals surface area contributed by atoms with E-state index in [1.54, 1.807) is 0 Å². The van der Waals surface area contributed by atoms with E-state index < -0.39 is 30.0 Å². The lowest BCUT2D eigenvalue weighted by atomic mass is 9.80. The molecule has 12 nitrogen and oxygen atoms in total. The molecule has 15 N–H and O–H groups in total. The molecule has 0 aromatic rings. The highest BCUT2D eigenvalue weighted by Crippen LogP contribution is 2.39. The molecule has 0 aliphatic heterocycles. The number of aliphatic carboxylic acids is 1. The van der Waals surface area contributed by atoms with E-state index in [0.29, 0.717) is 0 Å². The van der Waals surface area contributed by atoms with E-state index in [4.69, 9.17) is 11.5 Å². The molecule has 0 spiro atoms. The van der Waals surface area contributed by atoms with E-state index in [-0.39, 0.29) is 52.2 Å². The quantitative estimate of drug-likeness (QED) is 0.212. The summed E-state index contributed by atoms with van der Waals surface area (Å²) in [7, 11) is 0. The Hall–Kier alpha value is -1.99. The summed E-state index contributed by atoms with van der Waals surface area (Å²) in [6.45, 7) is 5.39. The van der Waals surface area contributed by atoms with Crippen molar-refractivity contribution >= 4 is 17.8 Å². The van der Waals surface area contributed by atoms with Crippen molar-refractivity contribution in [2.45, 2.75) is 58.2 Å². The molecular formula is C15H36N4O8. The topological polar surface area (TPSA) is 277 Å². The number of carboxylic acid groups (broad SMARTS) is 1. The fourth-order valence-electron chi connectivity index (χ4n) is 3.64. The third kappa shape index (κ3) is 8.05.